The van der Waals surface area contributed by atoms with Gasteiger partial charge in [-0.3, -0.25) is 4.99 Å². The van der Waals surface area contributed by atoms with Crippen molar-refractivity contribution in [3.8, 4) is 0 Å². The highest BCUT2D eigenvalue weighted by molar-refractivity contribution is 5.73. The van der Waals surface area contributed by atoms with Crippen molar-refractivity contribution in [3.63, 3.8) is 0 Å². The van der Waals surface area contributed by atoms with Crippen molar-refractivity contribution in [2.45, 2.75) is 6.18 Å². The Morgan fingerprint density at radius 3 is 2.21 bits per heavy atom. The standard InChI is InChI=1S/C4H7N3.C2HF3O2/c5-7-3-1-6-2-4-7;3-2(4,5)1(6)7/h1-3H,4-5H2;(H,6,7). The molecule has 0 aromatic carbocycles. The first kappa shape index (κ1) is 12.4. The molecule has 0 bridgehead atoms. The molecule has 0 aromatic rings. The molecule has 0 spiro atoms. The highest BCUT2D eigenvalue weighted by Gasteiger charge is 2.38. The number of halogens is 3. The van der Waals surface area contributed by atoms with Gasteiger partial charge in [0, 0.05) is 18.6 Å². The van der Waals surface area contributed by atoms with E-state index in [1.807, 2.05) is 0 Å². The van der Waals surface area contributed by atoms with Gasteiger partial charge in [0.1, 0.15) is 0 Å². The van der Waals surface area contributed by atoms with Gasteiger partial charge in [0.15, 0.2) is 0 Å². The van der Waals surface area contributed by atoms with Crippen LogP contribution in [0.3, 0.4) is 0 Å². The third-order valence-corrected chi connectivity index (χ3v) is 0.985. The molecule has 1 heterocycles. The molecule has 14 heavy (non-hydrogen) atoms. The molecule has 1 aliphatic rings. The van der Waals surface area contributed by atoms with Gasteiger partial charge >= 0.3 is 12.1 Å². The Bertz CT molecular complexity index is 249. The van der Waals surface area contributed by atoms with Crippen LogP contribution in [-0.4, -0.2) is 35.0 Å². The van der Waals surface area contributed by atoms with Gasteiger partial charge in [0.25, 0.3) is 0 Å². The van der Waals surface area contributed by atoms with E-state index in [9.17, 15) is 13.2 Å². The smallest absolute Gasteiger partial charge is 0.475 e. The molecule has 0 saturated carbocycles. The molecule has 80 valence electrons. The molecular weight excluding hydrogens is 203 g/mol. The van der Waals surface area contributed by atoms with E-state index in [-0.39, 0.29) is 0 Å². The van der Waals surface area contributed by atoms with Crippen LogP contribution in [0.1, 0.15) is 0 Å². The van der Waals surface area contributed by atoms with Gasteiger partial charge in [-0.15, -0.1) is 0 Å². The van der Waals surface area contributed by atoms with Gasteiger partial charge in [-0.2, -0.15) is 13.2 Å². The number of alkyl halides is 3. The van der Waals surface area contributed by atoms with Crippen molar-refractivity contribution in [3.05, 3.63) is 12.4 Å². The fraction of sp³-hybridized carbons (Fsp3) is 0.333. The maximum absolute atomic E-state index is 10.6. The summed E-state index contributed by atoms with van der Waals surface area (Å²) in [5, 5.41) is 8.69. The minimum atomic E-state index is -5.08. The zero-order valence-corrected chi connectivity index (χ0v) is 6.90. The van der Waals surface area contributed by atoms with Crippen LogP contribution < -0.4 is 5.84 Å². The average molecular weight is 211 g/mol. The highest BCUT2D eigenvalue weighted by Crippen LogP contribution is 2.13. The molecule has 0 radical (unpaired) electrons. The second-order valence-electron chi connectivity index (χ2n) is 2.13. The highest BCUT2D eigenvalue weighted by atomic mass is 19.4. The molecule has 5 nitrogen and oxygen atoms in total. The van der Waals surface area contributed by atoms with Crippen molar-refractivity contribution in [1.82, 2.24) is 5.01 Å². The molecule has 0 aromatic heterocycles. The predicted molar refractivity (Wildman–Crippen MR) is 42.2 cm³/mol. The first-order chi connectivity index (χ1) is 6.34. The van der Waals surface area contributed by atoms with Gasteiger partial charge in [0.05, 0.1) is 6.54 Å². The molecule has 0 saturated heterocycles. The van der Waals surface area contributed by atoms with E-state index in [4.69, 9.17) is 15.7 Å². The summed E-state index contributed by atoms with van der Waals surface area (Å²) >= 11 is 0. The number of aliphatic imine (C=N–C) groups is 1. The second-order valence-corrected chi connectivity index (χ2v) is 2.13. The van der Waals surface area contributed by atoms with E-state index in [2.05, 4.69) is 4.99 Å². The van der Waals surface area contributed by atoms with Crippen molar-refractivity contribution >= 4 is 12.2 Å². The van der Waals surface area contributed by atoms with Crippen LogP contribution in [0.4, 0.5) is 13.2 Å². The molecule has 8 heteroatoms. The Morgan fingerprint density at radius 2 is 2.07 bits per heavy atom. The molecule has 0 amide bonds. The monoisotopic (exact) mass is 211 g/mol. The lowest BCUT2D eigenvalue weighted by Gasteiger charge is -2.10. The summed E-state index contributed by atoms with van der Waals surface area (Å²) in [4.78, 5) is 12.7. The van der Waals surface area contributed by atoms with Gasteiger partial charge in [-0.25, -0.2) is 10.6 Å². The average Bonchev–Trinajstić information content (AvgIpc) is 2.04. The van der Waals surface area contributed by atoms with E-state index in [0.717, 1.165) is 6.54 Å². The summed E-state index contributed by atoms with van der Waals surface area (Å²) < 4.78 is 31.7. The van der Waals surface area contributed by atoms with Crippen molar-refractivity contribution in [2.24, 2.45) is 10.8 Å². The minimum absolute atomic E-state index is 0.719. The predicted octanol–water partition coefficient (Wildman–Crippen LogP) is 0.351. The number of hydrogen-bond donors (Lipinski definition) is 2. The zero-order valence-electron chi connectivity index (χ0n) is 6.90. The fourth-order valence-corrected chi connectivity index (χ4v) is 0.387. The topological polar surface area (TPSA) is 78.9 Å². The maximum atomic E-state index is 10.6. The van der Waals surface area contributed by atoms with E-state index in [0.29, 0.717) is 0 Å². The van der Waals surface area contributed by atoms with E-state index in [1.165, 1.54) is 0 Å². The lowest BCUT2D eigenvalue weighted by molar-refractivity contribution is -0.192. The number of carboxylic acid groups (broad SMARTS) is 1. The lowest BCUT2D eigenvalue weighted by Crippen LogP contribution is -2.27. The number of nitrogens with two attached hydrogens (primary N) is 1. The molecule has 1 rings (SSSR count). The Kier molecular flexibility index (Phi) is 4.64. The van der Waals surface area contributed by atoms with Crippen LogP contribution in [0.2, 0.25) is 0 Å². The summed E-state index contributed by atoms with van der Waals surface area (Å²) in [5.41, 5.74) is 0. The Hall–Kier alpha value is -1.57. The number of carbonyl (C=O) groups is 1. The maximum Gasteiger partial charge on any atom is 0.490 e. The summed E-state index contributed by atoms with van der Waals surface area (Å²) in [6.45, 7) is 0.719. The summed E-state index contributed by atoms with van der Waals surface area (Å²) in [7, 11) is 0. The van der Waals surface area contributed by atoms with E-state index < -0.39 is 12.1 Å². The van der Waals surface area contributed by atoms with E-state index in [1.54, 1.807) is 23.6 Å². The molecule has 0 atom stereocenters. The number of carboxylic acids is 1. The van der Waals surface area contributed by atoms with Crippen LogP contribution in [0.25, 0.3) is 0 Å². The van der Waals surface area contributed by atoms with Crippen molar-refractivity contribution in [1.29, 1.82) is 0 Å². The molecule has 0 unspecified atom stereocenters. The first-order valence-electron chi connectivity index (χ1n) is 3.34. The Morgan fingerprint density at radius 1 is 1.57 bits per heavy atom. The molecule has 0 fully saturated rings. The van der Waals surface area contributed by atoms with Crippen LogP contribution in [0, 0.1) is 0 Å². The minimum Gasteiger partial charge on any atom is -0.475 e. The number of hydrazine groups is 1. The first-order valence-corrected chi connectivity index (χ1v) is 3.34. The quantitative estimate of drug-likeness (QED) is 0.566. The summed E-state index contributed by atoms with van der Waals surface area (Å²) in [6.07, 6.45) is 0.0451. The van der Waals surface area contributed by atoms with Gasteiger partial charge in [-0.1, -0.05) is 0 Å². The zero-order chi connectivity index (χ0) is 11.2. The molecule has 3 N–H and O–H groups in total. The van der Waals surface area contributed by atoms with Gasteiger partial charge in [0.2, 0.25) is 0 Å². The van der Waals surface area contributed by atoms with Crippen LogP contribution in [0.15, 0.2) is 17.4 Å². The van der Waals surface area contributed by atoms with Crippen molar-refractivity contribution in [2.75, 3.05) is 6.54 Å². The summed E-state index contributed by atoms with van der Waals surface area (Å²) in [6, 6.07) is 0. The Balaban J connectivity index is 0.000000241. The van der Waals surface area contributed by atoms with Crippen LogP contribution in [-0.2, 0) is 4.79 Å². The number of hydrogen-bond acceptors (Lipinski definition) is 4. The number of nitrogens with zero attached hydrogens (tertiary/aromatic N) is 2. The second kappa shape index (κ2) is 5.22. The van der Waals surface area contributed by atoms with Gasteiger partial charge < -0.3 is 10.1 Å². The van der Waals surface area contributed by atoms with Crippen LogP contribution >= 0.6 is 0 Å². The molecular formula is C6H8F3N3O2. The largest absolute Gasteiger partial charge is 0.490 e. The molecule has 1 aliphatic heterocycles. The Labute approximate surface area is 77.3 Å². The van der Waals surface area contributed by atoms with Crippen molar-refractivity contribution < 1.29 is 23.1 Å². The lowest BCUT2D eigenvalue weighted by atomic mass is 10.6. The van der Waals surface area contributed by atoms with E-state index >= 15 is 0 Å². The number of rotatable bonds is 0. The SMILES string of the molecule is NN1C=CN=CC1.O=C(O)C(F)(F)F. The van der Waals surface area contributed by atoms with Crippen LogP contribution in [0.5, 0.6) is 0 Å². The fourth-order valence-electron chi connectivity index (χ4n) is 0.387. The van der Waals surface area contributed by atoms with Gasteiger partial charge in [-0.05, 0) is 0 Å². The third kappa shape index (κ3) is 6.00. The summed E-state index contributed by atoms with van der Waals surface area (Å²) in [5.74, 6) is 2.53. The number of aliphatic carboxylic acids is 1. The third-order valence-electron chi connectivity index (χ3n) is 0.985. The molecule has 0 aliphatic carbocycles. The normalized spacial score (nSPS) is 14.7.